The molecule has 1 aliphatic rings. The first kappa shape index (κ1) is 9.27. The van der Waals surface area contributed by atoms with Crippen molar-refractivity contribution in [3.8, 4) is 0 Å². The van der Waals surface area contributed by atoms with Gasteiger partial charge in [0.2, 0.25) is 0 Å². The lowest BCUT2D eigenvalue weighted by Gasteiger charge is -2.28. The molecule has 1 aliphatic heterocycles. The zero-order chi connectivity index (χ0) is 9.30. The molecule has 0 unspecified atom stereocenters. The number of ether oxygens (including phenoxy) is 1. The van der Waals surface area contributed by atoms with Gasteiger partial charge in [0.1, 0.15) is 6.10 Å². The van der Waals surface area contributed by atoms with Crippen LogP contribution in [0, 0.1) is 0 Å². The van der Waals surface area contributed by atoms with E-state index in [0.29, 0.717) is 0 Å². The zero-order valence-electron chi connectivity index (χ0n) is 6.08. The van der Waals surface area contributed by atoms with Crippen LogP contribution in [0.25, 0.3) is 0 Å². The molecule has 0 aromatic heterocycles. The molecule has 0 aromatic carbocycles. The van der Waals surface area contributed by atoms with Crippen LogP contribution in [0.2, 0.25) is 0 Å². The number of hydrogen-bond donors (Lipinski definition) is 5. The van der Waals surface area contributed by atoms with Gasteiger partial charge in [-0.05, 0) is 0 Å². The number of aliphatic hydroxyl groups is 5. The van der Waals surface area contributed by atoms with Gasteiger partial charge in [-0.25, -0.2) is 0 Å². The van der Waals surface area contributed by atoms with Gasteiger partial charge in [-0.15, -0.1) is 0 Å². The summed E-state index contributed by atoms with van der Waals surface area (Å²) in [6.07, 6.45) is -4.46. The maximum atomic E-state index is 9.00. The van der Waals surface area contributed by atoms with Gasteiger partial charge in [0.25, 0.3) is 0 Å². The topological polar surface area (TPSA) is 110 Å². The van der Waals surface area contributed by atoms with Crippen LogP contribution in [0.5, 0.6) is 0 Å². The van der Waals surface area contributed by atoms with Crippen LogP contribution in [0.1, 0.15) is 0 Å². The molecule has 6 nitrogen and oxygen atoms in total. The van der Waals surface area contributed by atoms with Crippen LogP contribution in [-0.4, -0.2) is 50.6 Å². The summed E-state index contributed by atoms with van der Waals surface area (Å²) in [4.78, 5) is 0. The molecule has 0 saturated heterocycles. The van der Waals surface area contributed by atoms with E-state index in [1.165, 1.54) is 0 Å². The van der Waals surface area contributed by atoms with Gasteiger partial charge in [-0.3, -0.25) is 0 Å². The summed E-state index contributed by atoms with van der Waals surface area (Å²) in [7, 11) is 0. The molecule has 0 aliphatic carbocycles. The highest BCUT2D eigenvalue weighted by Gasteiger charge is 2.35. The van der Waals surface area contributed by atoms with E-state index >= 15 is 0 Å². The highest BCUT2D eigenvalue weighted by atomic mass is 16.6. The van der Waals surface area contributed by atoms with Crippen molar-refractivity contribution < 1.29 is 30.3 Å². The van der Waals surface area contributed by atoms with Gasteiger partial charge in [-0.2, -0.15) is 0 Å². The molecule has 5 N–H and O–H groups in total. The Kier molecular flexibility index (Phi) is 2.53. The predicted molar refractivity (Wildman–Crippen MR) is 36.3 cm³/mol. The summed E-state index contributed by atoms with van der Waals surface area (Å²) >= 11 is 0. The second kappa shape index (κ2) is 3.28. The molecule has 1 heterocycles. The molecule has 0 radical (unpaired) electrons. The highest BCUT2D eigenvalue weighted by Crippen LogP contribution is 2.21. The van der Waals surface area contributed by atoms with Gasteiger partial charge in [0.15, 0.2) is 23.9 Å². The number of aliphatic hydroxyl groups excluding tert-OH is 5. The maximum absolute atomic E-state index is 9.00. The van der Waals surface area contributed by atoms with Crippen molar-refractivity contribution in [1.29, 1.82) is 0 Å². The first-order chi connectivity index (χ1) is 5.57. The fraction of sp³-hybridized carbons (Fsp3) is 0.667. The molecule has 12 heavy (non-hydrogen) atoms. The Balaban J connectivity index is 2.87. The number of rotatable bonds is 1. The fourth-order valence-corrected chi connectivity index (χ4v) is 0.888. The third-order valence-corrected chi connectivity index (χ3v) is 1.59. The molecule has 0 saturated carbocycles. The van der Waals surface area contributed by atoms with Crippen molar-refractivity contribution in [2.45, 2.75) is 18.5 Å². The smallest absolute Gasteiger partial charge is 0.189 e. The van der Waals surface area contributed by atoms with Gasteiger partial charge < -0.3 is 30.3 Å². The van der Waals surface area contributed by atoms with Crippen LogP contribution < -0.4 is 0 Å². The maximum Gasteiger partial charge on any atom is 0.189 e. The summed E-state index contributed by atoms with van der Waals surface area (Å²) < 4.78 is 4.52. The van der Waals surface area contributed by atoms with Crippen LogP contribution in [0.15, 0.2) is 11.5 Å². The third-order valence-electron chi connectivity index (χ3n) is 1.59. The second-order valence-corrected chi connectivity index (χ2v) is 2.41. The molecular weight excluding hydrogens is 168 g/mol. The summed E-state index contributed by atoms with van der Waals surface area (Å²) in [5.41, 5.74) is 0. The molecular formula is C6H10O6. The van der Waals surface area contributed by atoms with Gasteiger partial charge >= 0.3 is 0 Å². The SMILES string of the molecule is OC[C@H]1O[C@H](O)[C@@H](O)C(O)=C1O. The standard InChI is InChI=1S/C6H10O6/c7-1-2-3(8)4(9)5(10)6(11)12-2/h2,5-11H,1H2/t2-,5+,6+/m1/s1. The Morgan fingerprint density at radius 3 is 2.25 bits per heavy atom. The molecule has 3 atom stereocenters. The van der Waals surface area contributed by atoms with Gasteiger partial charge in [0.05, 0.1) is 6.61 Å². The van der Waals surface area contributed by atoms with E-state index in [-0.39, 0.29) is 0 Å². The van der Waals surface area contributed by atoms with Crippen molar-refractivity contribution in [2.75, 3.05) is 6.61 Å². The fourth-order valence-electron chi connectivity index (χ4n) is 0.888. The monoisotopic (exact) mass is 178 g/mol. The van der Waals surface area contributed by atoms with E-state index in [1.807, 2.05) is 0 Å². The summed E-state index contributed by atoms with van der Waals surface area (Å²) in [6.45, 7) is -0.584. The first-order valence-corrected chi connectivity index (χ1v) is 3.32. The lowest BCUT2D eigenvalue weighted by Crippen LogP contribution is -2.42. The largest absolute Gasteiger partial charge is 0.506 e. The molecule has 0 aromatic rings. The van der Waals surface area contributed by atoms with Crippen LogP contribution in [0.4, 0.5) is 0 Å². The normalized spacial score (nSPS) is 37.1. The average molecular weight is 178 g/mol. The van der Waals surface area contributed by atoms with Crippen molar-refractivity contribution >= 4 is 0 Å². The number of hydrogen-bond acceptors (Lipinski definition) is 6. The van der Waals surface area contributed by atoms with Crippen molar-refractivity contribution in [3.63, 3.8) is 0 Å². The quantitative estimate of drug-likeness (QED) is 0.330. The van der Waals surface area contributed by atoms with Crippen LogP contribution in [-0.2, 0) is 4.74 Å². The predicted octanol–water partition coefficient (Wildman–Crippen LogP) is -1.62. The summed E-state index contributed by atoms with van der Waals surface area (Å²) in [5, 5.41) is 44.3. The van der Waals surface area contributed by atoms with E-state index in [0.717, 1.165) is 0 Å². The lowest BCUT2D eigenvalue weighted by molar-refractivity contribution is -0.205. The van der Waals surface area contributed by atoms with E-state index in [1.54, 1.807) is 0 Å². The van der Waals surface area contributed by atoms with Gasteiger partial charge in [-0.1, -0.05) is 0 Å². The zero-order valence-corrected chi connectivity index (χ0v) is 6.08. The highest BCUT2D eigenvalue weighted by molar-refractivity contribution is 5.12. The third kappa shape index (κ3) is 1.37. The Hall–Kier alpha value is -0.820. The van der Waals surface area contributed by atoms with Crippen molar-refractivity contribution in [2.24, 2.45) is 0 Å². The molecule has 0 fully saturated rings. The minimum Gasteiger partial charge on any atom is -0.506 e. The van der Waals surface area contributed by atoms with E-state index in [4.69, 9.17) is 25.5 Å². The van der Waals surface area contributed by atoms with Crippen LogP contribution >= 0.6 is 0 Å². The van der Waals surface area contributed by atoms with E-state index in [2.05, 4.69) is 4.74 Å². The molecule has 1 rings (SSSR count). The Morgan fingerprint density at radius 1 is 1.17 bits per heavy atom. The Labute approximate surface area is 68.0 Å². The van der Waals surface area contributed by atoms with E-state index < -0.39 is 36.6 Å². The minimum atomic E-state index is -1.66. The minimum absolute atomic E-state index is 0.584. The lowest BCUT2D eigenvalue weighted by atomic mass is 10.1. The average Bonchev–Trinajstić information content (AvgIpc) is 2.08. The summed E-state index contributed by atoms with van der Waals surface area (Å²) in [5.74, 6) is -1.43. The molecule has 70 valence electrons. The van der Waals surface area contributed by atoms with Gasteiger partial charge in [0, 0.05) is 0 Å². The first-order valence-electron chi connectivity index (χ1n) is 3.32. The molecule has 0 spiro atoms. The molecule has 0 bridgehead atoms. The van der Waals surface area contributed by atoms with Crippen LogP contribution in [0.3, 0.4) is 0 Å². The molecule has 0 amide bonds. The Morgan fingerprint density at radius 2 is 1.75 bits per heavy atom. The van der Waals surface area contributed by atoms with Crippen molar-refractivity contribution in [1.82, 2.24) is 0 Å². The molecule has 6 heteroatoms. The summed E-state index contributed by atoms with van der Waals surface area (Å²) in [6, 6.07) is 0. The second-order valence-electron chi connectivity index (χ2n) is 2.41. The van der Waals surface area contributed by atoms with E-state index in [9.17, 15) is 0 Å². The Bertz CT molecular complexity index is 196. The van der Waals surface area contributed by atoms with Crippen molar-refractivity contribution in [3.05, 3.63) is 11.5 Å².